The molecule has 10 heteroatoms. The molecule has 0 atom stereocenters. The van der Waals surface area contributed by atoms with Crippen LogP contribution in [0.25, 0.3) is 0 Å². The Morgan fingerprint density at radius 1 is 1.23 bits per heavy atom. The first kappa shape index (κ1) is 22.7. The number of nitro groups is 1. The van der Waals surface area contributed by atoms with E-state index in [0.29, 0.717) is 13.2 Å². The van der Waals surface area contributed by atoms with Gasteiger partial charge in [0.2, 0.25) is 0 Å². The summed E-state index contributed by atoms with van der Waals surface area (Å²) in [5.41, 5.74) is -0.627. The van der Waals surface area contributed by atoms with Crippen molar-refractivity contribution in [2.45, 2.75) is 6.18 Å². The molecule has 2 aromatic rings. The van der Waals surface area contributed by atoms with E-state index in [0.717, 1.165) is 18.2 Å². The molecule has 0 saturated carbocycles. The van der Waals surface area contributed by atoms with Crippen molar-refractivity contribution in [2.75, 3.05) is 32.1 Å². The number of amides is 1. The summed E-state index contributed by atoms with van der Waals surface area (Å²) in [5.74, 6) is 4.49. The van der Waals surface area contributed by atoms with E-state index in [4.69, 9.17) is 4.74 Å². The highest BCUT2D eigenvalue weighted by atomic mass is 19.4. The van der Waals surface area contributed by atoms with E-state index in [2.05, 4.69) is 22.5 Å². The summed E-state index contributed by atoms with van der Waals surface area (Å²) in [7, 11) is 1.50. The lowest BCUT2D eigenvalue weighted by Crippen LogP contribution is -2.23. The topological polar surface area (TPSA) is 93.5 Å². The quantitative estimate of drug-likeness (QED) is 0.309. The Hall–Kier alpha value is -3.58. The molecule has 0 radical (unpaired) electrons. The predicted molar refractivity (Wildman–Crippen MR) is 104 cm³/mol. The summed E-state index contributed by atoms with van der Waals surface area (Å²) in [6, 6.07) is 8.47. The number of nitrogens with one attached hydrogen (secondary N) is 2. The third-order valence-electron chi connectivity index (χ3n) is 3.84. The van der Waals surface area contributed by atoms with Crippen LogP contribution < -0.4 is 10.6 Å². The van der Waals surface area contributed by atoms with Gasteiger partial charge in [0, 0.05) is 30.8 Å². The number of anilines is 1. The van der Waals surface area contributed by atoms with Gasteiger partial charge in [-0.2, -0.15) is 13.2 Å². The number of hydrogen-bond acceptors (Lipinski definition) is 5. The lowest BCUT2D eigenvalue weighted by Gasteiger charge is -2.08. The highest BCUT2D eigenvalue weighted by Crippen LogP contribution is 2.29. The maximum absolute atomic E-state index is 12.7. The van der Waals surface area contributed by atoms with Crippen molar-refractivity contribution in [3.8, 4) is 11.8 Å². The van der Waals surface area contributed by atoms with Crippen molar-refractivity contribution < 1.29 is 27.6 Å². The average molecular weight is 421 g/mol. The monoisotopic (exact) mass is 421 g/mol. The number of carbonyl (C=O) groups is 1. The largest absolute Gasteiger partial charge is 0.416 e. The molecule has 2 rings (SSSR count). The zero-order valence-corrected chi connectivity index (χ0v) is 15.9. The van der Waals surface area contributed by atoms with Gasteiger partial charge in [-0.3, -0.25) is 14.9 Å². The van der Waals surface area contributed by atoms with E-state index < -0.39 is 22.6 Å². The molecule has 0 aliphatic rings. The van der Waals surface area contributed by atoms with Crippen molar-refractivity contribution in [1.29, 1.82) is 0 Å². The maximum atomic E-state index is 12.7. The molecule has 0 saturated heterocycles. The molecule has 0 heterocycles. The Balaban J connectivity index is 2.03. The lowest BCUT2D eigenvalue weighted by atomic mass is 10.1. The second kappa shape index (κ2) is 10.3. The van der Waals surface area contributed by atoms with Crippen LogP contribution in [0.1, 0.15) is 21.5 Å². The van der Waals surface area contributed by atoms with E-state index in [1.807, 2.05) is 0 Å². The third kappa shape index (κ3) is 6.49. The molecule has 0 unspecified atom stereocenters. The first-order valence-corrected chi connectivity index (χ1v) is 8.68. The number of alkyl halides is 3. The van der Waals surface area contributed by atoms with Gasteiger partial charge in [-0.15, -0.1) is 0 Å². The second-order valence-corrected chi connectivity index (χ2v) is 5.97. The lowest BCUT2D eigenvalue weighted by molar-refractivity contribution is -0.384. The predicted octanol–water partition coefficient (Wildman–Crippen LogP) is 3.45. The van der Waals surface area contributed by atoms with Crippen LogP contribution in [-0.4, -0.2) is 37.6 Å². The normalized spacial score (nSPS) is 10.7. The Bertz CT molecular complexity index is 981. The Labute approximate surface area is 170 Å². The Morgan fingerprint density at radius 2 is 2.00 bits per heavy atom. The van der Waals surface area contributed by atoms with Crippen LogP contribution in [0.3, 0.4) is 0 Å². The van der Waals surface area contributed by atoms with Gasteiger partial charge in [0.25, 0.3) is 11.6 Å². The standard InChI is InChI=1S/C20H18F3N3O4/c1-30-11-10-24-17-8-7-15(13-18(17)26(28)29)19(27)25-9-3-5-14-4-2-6-16(12-14)20(21,22)23/h2,4,6-8,12-13,24H,9-11H2,1H3,(H,25,27). The first-order chi connectivity index (χ1) is 14.2. The number of carbonyl (C=O) groups excluding carboxylic acids is 1. The van der Waals surface area contributed by atoms with Crippen LogP contribution in [-0.2, 0) is 10.9 Å². The Morgan fingerprint density at radius 3 is 2.67 bits per heavy atom. The fourth-order valence-electron chi connectivity index (χ4n) is 2.41. The molecule has 7 nitrogen and oxygen atoms in total. The number of nitrogens with zero attached hydrogens (tertiary/aromatic N) is 1. The SMILES string of the molecule is COCCNc1ccc(C(=O)NCC#Cc2cccc(C(F)(F)F)c2)cc1[N+](=O)[O-]. The number of ether oxygens (including phenoxy) is 1. The van der Waals surface area contributed by atoms with Crippen molar-refractivity contribution in [3.05, 3.63) is 69.3 Å². The average Bonchev–Trinajstić information content (AvgIpc) is 2.71. The summed E-state index contributed by atoms with van der Waals surface area (Å²) in [5, 5.41) is 16.5. The smallest absolute Gasteiger partial charge is 0.383 e. The summed E-state index contributed by atoms with van der Waals surface area (Å²) in [6.07, 6.45) is -4.47. The molecule has 0 fully saturated rings. The van der Waals surface area contributed by atoms with Crippen molar-refractivity contribution >= 4 is 17.3 Å². The highest BCUT2D eigenvalue weighted by molar-refractivity contribution is 5.95. The molecule has 0 bridgehead atoms. The van der Waals surface area contributed by atoms with Crippen molar-refractivity contribution in [2.24, 2.45) is 0 Å². The molecule has 30 heavy (non-hydrogen) atoms. The van der Waals surface area contributed by atoms with Crippen LogP contribution >= 0.6 is 0 Å². The van der Waals surface area contributed by atoms with Gasteiger partial charge in [0.15, 0.2) is 0 Å². The van der Waals surface area contributed by atoms with E-state index in [-0.39, 0.29) is 29.0 Å². The van der Waals surface area contributed by atoms with Gasteiger partial charge in [0.05, 0.1) is 23.6 Å². The zero-order chi connectivity index (χ0) is 22.1. The molecular formula is C20H18F3N3O4. The molecule has 0 spiro atoms. The molecule has 0 aromatic heterocycles. The van der Waals surface area contributed by atoms with Crippen molar-refractivity contribution in [1.82, 2.24) is 5.32 Å². The third-order valence-corrected chi connectivity index (χ3v) is 3.84. The number of hydrogen-bond donors (Lipinski definition) is 2. The number of halogens is 3. The van der Waals surface area contributed by atoms with Crippen LogP contribution in [0, 0.1) is 22.0 Å². The minimum absolute atomic E-state index is 0.0554. The number of rotatable bonds is 7. The van der Waals surface area contributed by atoms with Crippen LogP contribution in [0.5, 0.6) is 0 Å². The van der Waals surface area contributed by atoms with Crippen molar-refractivity contribution in [3.63, 3.8) is 0 Å². The van der Waals surface area contributed by atoms with Gasteiger partial charge in [-0.05, 0) is 30.3 Å². The van der Waals surface area contributed by atoms with Crippen LogP contribution in [0.4, 0.5) is 24.5 Å². The van der Waals surface area contributed by atoms with E-state index >= 15 is 0 Å². The molecule has 1 amide bonds. The maximum Gasteiger partial charge on any atom is 0.416 e. The minimum Gasteiger partial charge on any atom is -0.383 e. The molecular weight excluding hydrogens is 403 g/mol. The fourth-order valence-corrected chi connectivity index (χ4v) is 2.41. The number of methoxy groups -OCH3 is 1. The summed E-state index contributed by atoms with van der Waals surface area (Å²) >= 11 is 0. The molecule has 0 aliphatic carbocycles. The van der Waals surface area contributed by atoms with Crippen LogP contribution in [0.2, 0.25) is 0 Å². The van der Waals surface area contributed by atoms with E-state index in [1.165, 1.54) is 31.4 Å². The minimum atomic E-state index is -4.47. The number of benzene rings is 2. The second-order valence-electron chi connectivity index (χ2n) is 5.97. The highest BCUT2D eigenvalue weighted by Gasteiger charge is 2.30. The number of nitro benzene ring substituents is 1. The summed E-state index contributed by atoms with van der Waals surface area (Å²) in [6.45, 7) is 0.564. The molecule has 158 valence electrons. The fraction of sp³-hybridized carbons (Fsp3) is 0.250. The zero-order valence-electron chi connectivity index (χ0n) is 15.9. The summed E-state index contributed by atoms with van der Waals surface area (Å²) in [4.78, 5) is 22.8. The van der Waals surface area contributed by atoms with Gasteiger partial charge < -0.3 is 15.4 Å². The van der Waals surface area contributed by atoms with E-state index in [9.17, 15) is 28.1 Å². The van der Waals surface area contributed by atoms with E-state index in [1.54, 1.807) is 0 Å². The van der Waals surface area contributed by atoms with Gasteiger partial charge in [-0.1, -0.05) is 17.9 Å². The first-order valence-electron chi connectivity index (χ1n) is 8.68. The molecule has 2 aromatic carbocycles. The summed E-state index contributed by atoms with van der Waals surface area (Å²) < 4.78 is 42.9. The van der Waals surface area contributed by atoms with Crippen LogP contribution in [0.15, 0.2) is 42.5 Å². The van der Waals surface area contributed by atoms with Gasteiger partial charge in [0.1, 0.15) is 5.69 Å². The molecule has 2 N–H and O–H groups in total. The van der Waals surface area contributed by atoms with Gasteiger partial charge in [-0.25, -0.2) is 0 Å². The van der Waals surface area contributed by atoms with Gasteiger partial charge >= 0.3 is 6.18 Å². The molecule has 0 aliphatic heterocycles. The Kier molecular flexibility index (Phi) is 7.77.